The van der Waals surface area contributed by atoms with E-state index in [9.17, 15) is 9.90 Å². The minimum atomic E-state index is -0.120. The maximum absolute atomic E-state index is 13.3. The summed E-state index contributed by atoms with van der Waals surface area (Å²) in [6, 6.07) is 7.12. The average Bonchev–Trinajstić information content (AvgIpc) is 3.72. The van der Waals surface area contributed by atoms with Gasteiger partial charge < -0.3 is 25.0 Å². The molecule has 3 aromatic rings. The molecule has 3 aromatic heterocycles. The minimum Gasteiger partial charge on any atom is -0.395 e. The number of carbonyl (C=O) groups excluding carboxylic acids is 1. The first kappa shape index (κ1) is 26.2. The van der Waals surface area contributed by atoms with E-state index in [1.54, 1.807) is 0 Å². The summed E-state index contributed by atoms with van der Waals surface area (Å²) in [5.41, 5.74) is 4.06. The third-order valence-corrected chi connectivity index (χ3v) is 9.96. The van der Waals surface area contributed by atoms with Gasteiger partial charge in [0, 0.05) is 61.3 Å². The zero-order chi connectivity index (χ0) is 28.2. The second kappa shape index (κ2) is 10.7. The predicted molar refractivity (Wildman–Crippen MR) is 158 cm³/mol. The van der Waals surface area contributed by atoms with Crippen molar-refractivity contribution in [3.8, 4) is 0 Å². The van der Waals surface area contributed by atoms with E-state index in [0.29, 0.717) is 55.8 Å². The number of fused-ring (bicyclic) bond motifs is 4. The summed E-state index contributed by atoms with van der Waals surface area (Å²) in [4.78, 5) is 39.6. The first-order valence-corrected chi connectivity index (χ1v) is 15.6. The summed E-state index contributed by atoms with van der Waals surface area (Å²) in [5, 5.41) is 13.7. The van der Waals surface area contributed by atoms with E-state index in [1.807, 2.05) is 17.2 Å². The lowest BCUT2D eigenvalue weighted by Crippen LogP contribution is -2.48. The third-order valence-electron chi connectivity index (χ3n) is 9.96. The number of nitrogens with one attached hydrogen (secondary N) is 1. The largest absolute Gasteiger partial charge is 0.395 e. The molecule has 0 spiro atoms. The van der Waals surface area contributed by atoms with Gasteiger partial charge in [-0.1, -0.05) is 6.07 Å². The van der Waals surface area contributed by atoms with Crippen molar-refractivity contribution in [1.82, 2.24) is 29.7 Å². The van der Waals surface area contributed by atoms with Crippen LogP contribution in [0.4, 0.5) is 17.6 Å². The van der Waals surface area contributed by atoms with Crippen LogP contribution in [0.2, 0.25) is 0 Å². The average molecular weight is 571 g/mol. The molecule has 1 atom stereocenters. The zero-order valence-corrected chi connectivity index (χ0v) is 23.9. The Balaban J connectivity index is 1.03. The summed E-state index contributed by atoms with van der Waals surface area (Å²) in [5.74, 6) is 2.73. The van der Waals surface area contributed by atoms with E-state index in [4.69, 9.17) is 19.7 Å². The number of likely N-dealkylation sites (tertiary alicyclic amines) is 1. The Morgan fingerprint density at radius 1 is 1.05 bits per heavy atom. The number of pyridine rings is 2. The molecule has 5 aliphatic rings. The fourth-order valence-electron chi connectivity index (χ4n) is 7.66. The van der Waals surface area contributed by atoms with Gasteiger partial charge in [-0.3, -0.25) is 9.69 Å². The molecule has 2 bridgehead atoms. The van der Waals surface area contributed by atoms with Crippen LogP contribution < -0.4 is 10.2 Å². The number of aliphatic hydroxyl groups excluding tert-OH is 1. The molecule has 0 radical (unpaired) electrons. The maximum atomic E-state index is 13.3. The van der Waals surface area contributed by atoms with Crippen LogP contribution >= 0.6 is 0 Å². The van der Waals surface area contributed by atoms with Gasteiger partial charge in [0.2, 0.25) is 11.9 Å². The highest BCUT2D eigenvalue weighted by atomic mass is 16.5. The molecule has 0 unspecified atom stereocenters. The Morgan fingerprint density at radius 2 is 1.88 bits per heavy atom. The van der Waals surface area contributed by atoms with Gasteiger partial charge >= 0.3 is 0 Å². The summed E-state index contributed by atoms with van der Waals surface area (Å²) in [6.07, 6.45) is 9.39. The Bertz CT molecular complexity index is 1490. The predicted octanol–water partition coefficient (Wildman–Crippen LogP) is 2.75. The molecule has 0 aliphatic carbocycles. The Hall–Kier alpha value is -3.41. The molecule has 11 nitrogen and oxygen atoms in total. The number of aromatic nitrogens is 4. The van der Waals surface area contributed by atoms with Crippen LogP contribution in [0.3, 0.4) is 0 Å². The molecule has 11 heteroatoms. The minimum absolute atomic E-state index is 0.0846. The smallest absolute Gasteiger partial charge is 0.240 e. The van der Waals surface area contributed by atoms with Crippen molar-refractivity contribution in [2.75, 3.05) is 49.7 Å². The first-order valence-electron chi connectivity index (χ1n) is 15.6. The molecule has 1 amide bonds. The number of hydrogen-bond acceptors (Lipinski definition) is 10. The van der Waals surface area contributed by atoms with Gasteiger partial charge in [0.05, 0.1) is 31.6 Å². The molecule has 0 saturated carbocycles. The molecule has 5 aliphatic heterocycles. The number of rotatable bonds is 7. The normalized spacial score (nSPS) is 25.7. The number of ether oxygens (including phenoxy) is 1. The van der Waals surface area contributed by atoms with E-state index >= 15 is 0 Å². The van der Waals surface area contributed by atoms with Crippen molar-refractivity contribution in [1.29, 1.82) is 0 Å². The molecule has 42 heavy (non-hydrogen) atoms. The van der Waals surface area contributed by atoms with Crippen LogP contribution in [-0.4, -0.2) is 98.3 Å². The molecule has 2 N–H and O–H groups in total. The maximum Gasteiger partial charge on any atom is 0.240 e. The van der Waals surface area contributed by atoms with Crippen LogP contribution in [-0.2, 0) is 22.5 Å². The van der Waals surface area contributed by atoms with Crippen molar-refractivity contribution < 1.29 is 14.6 Å². The summed E-state index contributed by atoms with van der Waals surface area (Å²) >= 11 is 0. The summed E-state index contributed by atoms with van der Waals surface area (Å²) in [6.45, 7) is 4.19. The Kier molecular flexibility index (Phi) is 6.68. The number of aliphatic hydroxyl groups is 1. The molecular weight excluding hydrogens is 532 g/mol. The first-order chi connectivity index (χ1) is 20.6. The van der Waals surface area contributed by atoms with Gasteiger partial charge in [-0.2, -0.15) is 0 Å². The standard InChI is InChI=1S/C31H38N8O3/c40-13-12-37-10-1-2-26(37)30(41)38-11-9-24-19(16-38)3-8-27(33-24)35-31-32-15-20-14-25(21-17-42-18-21)34-29(28(20)36-31)39-22-4-5-23(39)7-6-22/h3,8,14-15,21-23,26,40H,1-2,4-7,9-13,16-18H2,(H,32,33,35,36)/t22?,23?,26-/m0/s1. The van der Waals surface area contributed by atoms with E-state index in [1.165, 1.54) is 25.7 Å². The molecule has 220 valence electrons. The van der Waals surface area contributed by atoms with Crippen molar-refractivity contribution in [2.24, 2.45) is 0 Å². The summed E-state index contributed by atoms with van der Waals surface area (Å²) in [7, 11) is 0. The number of β-amino-alcohol motifs (C(OH)–C–C–N with tert-alkyl or cyclic N) is 1. The van der Waals surface area contributed by atoms with Crippen LogP contribution in [0.25, 0.3) is 10.9 Å². The second-order valence-corrected chi connectivity index (χ2v) is 12.5. The topological polar surface area (TPSA) is 120 Å². The highest BCUT2D eigenvalue weighted by molar-refractivity contribution is 5.90. The SMILES string of the molecule is O=C([C@@H]1CCCN1CCO)N1CCc2nc(Nc3ncc4cc(C5COC5)nc(N5C6CCC5CC6)c4n3)ccc2C1. The number of amides is 1. The molecule has 8 rings (SSSR count). The third kappa shape index (κ3) is 4.58. The molecular formula is C31H38N8O3. The van der Waals surface area contributed by atoms with Crippen molar-refractivity contribution >= 4 is 34.4 Å². The lowest BCUT2D eigenvalue weighted by Gasteiger charge is -2.33. The fraction of sp³-hybridized carbons (Fsp3) is 0.581. The van der Waals surface area contributed by atoms with E-state index < -0.39 is 0 Å². The zero-order valence-electron chi connectivity index (χ0n) is 23.9. The van der Waals surface area contributed by atoms with Gasteiger partial charge in [0.25, 0.3) is 0 Å². The van der Waals surface area contributed by atoms with Gasteiger partial charge in [-0.05, 0) is 62.8 Å². The molecule has 4 saturated heterocycles. The fourth-order valence-corrected chi connectivity index (χ4v) is 7.66. The number of nitrogens with zero attached hydrogens (tertiary/aromatic N) is 7. The van der Waals surface area contributed by atoms with E-state index in [2.05, 4.69) is 32.2 Å². The molecule has 4 fully saturated rings. The summed E-state index contributed by atoms with van der Waals surface area (Å²) < 4.78 is 5.47. The van der Waals surface area contributed by atoms with Gasteiger partial charge in [-0.15, -0.1) is 0 Å². The van der Waals surface area contributed by atoms with Crippen molar-refractivity contribution in [3.05, 3.63) is 41.3 Å². The highest BCUT2D eigenvalue weighted by Gasteiger charge is 2.41. The second-order valence-electron chi connectivity index (χ2n) is 12.5. The van der Waals surface area contributed by atoms with Crippen LogP contribution in [0.1, 0.15) is 61.4 Å². The van der Waals surface area contributed by atoms with Crippen molar-refractivity contribution in [3.63, 3.8) is 0 Å². The number of carbonyl (C=O) groups is 1. The lowest BCUT2D eigenvalue weighted by molar-refractivity contribution is -0.137. The van der Waals surface area contributed by atoms with E-state index in [-0.39, 0.29) is 18.6 Å². The van der Waals surface area contributed by atoms with Gasteiger partial charge in [0.1, 0.15) is 11.3 Å². The van der Waals surface area contributed by atoms with Crippen LogP contribution in [0, 0.1) is 0 Å². The number of hydrogen-bond donors (Lipinski definition) is 2. The monoisotopic (exact) mass is 570 g/mol. The lowest BCUT2D eigenvalue weighted by atomic mass is 10.0. The molecule has 0 aromatic carbocycles. The Morgan fingerprint density at radius 3 is 2.64 bits per heavy atom. The highest BCUT2D eigenvalue weighted by Crippen LogP contribution is 2.43. The van der Waals surface area contributed by atoms with Crippen LogP contribution in [0.5, 0.6) is 0 Å². The van der Waals surface area contributed by atoms with Gasteiger partial charge in [0.15, 0.2) is 5.82 Å². The quantitative estimate of drug-likeness (QED) is 0.439. The van der Waals surface area contributed by atoms with E-state index in [0.717, 1.165) is 66.3 Å². The van der Waals surface area contributed by atoms with Crippen molar-refractivity contribution in [2.45, 2.75) is 75.5 Å². The van der Waals surface area contributed by atoms with Gasteiger partial charge in [-0.25, -0.2) is 19.9 Å². The van der Waals surface area contributed by atoms with Crippen LogP contribution in [0.15, 0.2) is 24.4 Å². The Labute approximate surface area is 245 Å². The number of anilines is 3. The molecule has 8 heterocycles.